The van der Waals surface area contributed by atoms with Gasteiger partial charge in [-0.3, -0.25) is 4.79 Å². The summed E-state index contributed by atoms with van der Waals surface area (Å²) in [6.45, 7) is 1.54. The molecule has 1 amide bonds. The van der Waals surface area contributed by atoms with Crippen molar-refractivity contribution in [1.82, 2.24) is 0 Å². The van der Waals surface area contributed by atoms with Gasteiger partial charge in [0.1, 0.15) is 0 Å². The Morgan fingerprint density at radius 3 is 2.11 bits per heavy atom. The Bertz CT molecular complexity index is 199. The molecule has 0 aliphatic heterocycles. The van der Waals surface area contributed by atoms with E-state index in [4.69, 9.17) is 0 Å². The van der Waals surface area contributed by atoms with E-state index in [1.165, 1.54) is 0 Å². The molecule has 0 aromatic heterocycles. The van der Waals surface area contributed by atoms with Crippen LogP contribution in [0.4, 0.5) is 0 Å². The molecule has 0 spiro atoms. The molecule has 0 N–H and O–H groups in total. The number of hydrogen-bond donors (Lipinski definition) is 0. The third-order valence-corrected chi connectivity index (χ3v) is 0.832. The third kappa shape index (κ3) is 8.29. The summed E-state index contributed by atoms with van der Waals surface area (Å²) in [6.07, 6.45) is 0.133. The fraction of sp³-hybridized carbons (Fsp3) is 0.667. The molecule has 6 heteroatoms. The molecule has 0 atom stereocenters. The van der Waals surface area contributed by atoms with Crippen molar-refractivity contribution < 1.29 is 13.2 Å². The second-order valence-electron chi connectivity index (χ2n) is 1.06. The first-order valence-corrected chi connectivity index (χ1v) is 3.04. The Labute approximate surface area is 76.6 Å². The molecule has 0 saturated heterocycles. The molecule has 0 aliphatic carbocycles. The topological polar surface area (TPSA) is 63.6 Å². The fourth-order valence-corrected chi connectivity index (χ4v) is 0.443. The third-order valence-electron chi connectivity index (χ3n) is 0.479. The SMILES string of the molecule is CCC(=O)N=S(=O)=O.[NaH]. The van der Waals surface area contributed by atoms with Crippen LogP contribution in [-0.4, -0.2) is 43.9 Å². The van der Waals surface area contributed by atoms with Gasteiger partial charge in [0.2, 0.25) is 0 Å². The Balaban J connectivity index is 0. The first-order chi connectivity index (χ1) is 3.66. The predicted molar refractivity (Wildman–Crippen MR) is 33.8 cm³/mol. The zero-order valence-electron chi connectivity index (χ0n) is 4.29. The van der Waals surface area contributed by atoms with Crippen molar-refractivity contribution in [3.05, 3.63) is 0 Å². The monoisotopic (exact) mass is 159 g/mol. The van der Waals surface area contributed by atoms with Gasteiger partial charge in [0.05, 0.1) is 0 Å². The Kier molecular flexibility index (Phi) is 8.56. The van der Waals surface area contributed by atoms with Crippen LogP contribution in [0.3, 0.4) is 0 Å². The van der Waals surface area contributed by atoms with Crippen molar-refractivity contribution >= 4 is 46.0 Å². The fourth-order valence-electron chi connectivity index (χ4n) is 0.148. The summed E-state index contributed by atoms with van der Waals surface area (Å²) < 4.78 is 21.8. The minimum atomic E-state index is -2.57. The first kappa shape index (κ1) is 12.0. The van der Waals surface area contributed by atoms with E-state index in [9.17, 15) is 13.2 Å². The number of carbonyl (C=O) groups is 1. The summed E-state index contributed by atoms with van der Waals surface area (Å²) in [5.41, 5.74) is 0. The molecule has 0 aromatic rings. The summed E-state index contributed by atoms with van der Waals surface area (Å²) in [6, 6.07) is 0. The molecule has 0 rings (SSSR count). The average Bonchev–Trinajstić information content (AvgIpc) is 1.65. The molecule has 9 heavy (non-hydrogen) atoms. The zero-order valence-corrected chi connectivity index (χ0v) is 5.10. The second kappa shape index (κ2) is 6.41. The molecule has 0 radical (unpaired) electrons. The summed E-state index contributed by atoms with van der Waals surface area (Å²) in [7, 11) is -2.57. The van der Waals surface area contributed by atoms with E-state index in [1.807, 2.05) is 0 Å². The van der Waals surface area contributed by atoms with Gasteiger partial charge in [0.15, 0.2) is 0 Å². The van der Waals surface area contributed by atoms with Gasteiger partial charge in [-0.2, -0.15) is 8.42 Å². The maximum absolute atomic E-state index is 10.1. The molecule has 0 saturated carbocycles. The Morgan fingerprint density at radius 1 is 1.56 bits per heavy atom. The van der Waals surface area contributed by atoms with Crippen LogP contribution in [0.2, 0.25) is 0 Å². The molecule has 0 aromatic carbocycles. The summed E-state index contributed by atoms with van der Waals surface area (Å²) in [4.78, 5) is 10.1. The predicted octanol–water partition coefficient (Wildman–Crippen LogP) is -0.663. The maximum atomic E-state index is 10.1. The van der Waals surface area contributed by atoms with Gasteiger partial charge in [0.25, 0.3) is 5.91 Å². The van der Waals surface area contributed by atoms with Gasteiger partial charge in [-0.1, -0.05) is 11.3 Å². The molecule has 0 heterocycles. The molecular weight excluding hydrogens is 153 g/mol. The summed E-state index contributed by atoms with van der Waals surface area (Å²) in [5, 5.41) is 0. The molecule has 0 aliphatic rings. The molecular formula is C3H6NNaO3S. The van der Waals surface area contributed by atoms with Gasteiger partial charge >= 0.3 is 40.1 Å². The number of amides is 1. The number of carbonyl (C=O) groups excluding carboxylic acids is 1. The molecule has 0 fully saturated rings. The van der Waals surface area contributed by atoms with E-state index in [2.05, 4.69) is 4.36 Å². The van der Waals surface area contributed by atoms with Crippen molar-refractivity contribution in [2.24, 2.45) is 4.36 Å². The van der Waals surface area contributed by atoms with Crippen molar-refractivity contribution in [3.8, 4) is 0 Å². The molecule has 48 valence electrons. The van der Waals surface area contributed by atoms with Crippen LogP contribution >= 0.6 is 0 Å². The number of rotatable bonds is 1. The average molecular weight is 159 g/mol. The van der Waals surface area contributed by atoms with Crippen LogP contribution in [0.25, 0.3) is 0 Å². The van der Waals surface area contributed by atoms with Gasteiger partial charge < -0.3 is 0 Å². The van der Waals surface area contributed by atoms with E-state index in [-0.39, 0.29) is 36.0 Å². The van der Waals surface area contributed by atoms with Crippen LogP contribution in [0.5, 0.6) is 0 Å². The van der Waals surface area contributed by atoms with Gasteiger partial charge in [0, 0.05) is 6.42 Å². The summed E-state index contributed by atoms with van der Waals surface area (Å²) in [5.74, 6) is -0.613. The summed E-state index contributed by atoms with van der Waals surface area (Å²) >= 11 is 0. The second-order valence-corrected chi connectivity index (χ2v) is 1.67. The minimum absolute atomic E-state index is 0. The van der Waals surface area contributed by atoms with E-state index in [0.717, 1.165) is 0 Å². The first-order valence-electron chi connectivity index (χ1n) is 2.00. The van der Waals surface area contributed by atoms with Gasteiger partial charge in [-0.15, -0.1) is 0 Å². The van der Waals surface area contributed by atoms with E-state index >= 15 is 0 Å². The van der Waals surface area contributed by atoms with Gasteiger partial charge in [-0.25, -0.2) is 0 Å². The number of hydrogen-bond acceptors (Lipinski definition) is 3. The molecule has 0 unspecified atom stereocenters. The Hall–Kier alpha value is 0.290. The van der Waals surface area contributed by atoms with Crippen LogP contribution in [0.15, 0.2) is 4.36 Å². The van der Waals surface area contributed by atoms with Crippen molar-refractivity contribution in [3.63, 3.8) is 0 Å². The molecule has 4 nitrogen and oxygen atoms in total. The standard InChI is InChI=1S/C3H5NO3S.Na.H/c1-2-3(5)4-8(6)7;;/h2H2,1H3;;. The Morgan fingerprint density at radius 2 is 2.00 bits per heavy atom. The molecule has 0 bridgehead atoms. The normalized spacial score (nSPS) is 7.22. The van der Waals surface area contributed by atoms with Gasteiger partial charge in [-0.05, 0) is 0 Å². The van der Waals surface area contributed by atoms with E-state index < -0.39 is 16.4 Å². The van der Waals surface area contributed by atoms with Crippen molar-refractivity contribution in [2.45, 2.75) is 13.3 Å². The van der Waals surface area contributed by atoms with E-state index in [1.54, 1.807) is 6.92 Å². The van der Waals surface area contributed by atoms with Crippen molar-refractivity contribution in [2.75, 3.05) is 0 Å². The quantitative estimate of drug-likeness (QED) is 0.477. The zero-order chi connectivity index (χ0) is 6.57. The van der Waals surface area contributed by atoms with Crippen LogP contribution < -0.4 is 0 Å². The van der Waals surface area contributed by atoms with Crippen LogP contribution in [0, 0.1) is 0 Å². The van der Waals surface area contributed by atoms with Crippen molar-refractivity contribution in [1.29, 1.82) is 0 Å². The van der Waals surface area contributed by atoms with Crippen LogP contribution in [-0.2, 0) is 15.3 Å². The number of nitrogens with zero attached hydrogens (tertiary/aromatic N) is 1. The van der Waals surface area contributed by atoms with E-state index in [0.29, 0.717) is 0 Å². The van der Waals surface area contributed by atoms with Crippen LogP contribution in [0.1, 0.15) is 13.3 Å².